The number of nitro benzene ring substituents is 1. The van der Waals surface area contributed by atoms with Gasteiger partial charge in [0, 0.05) is 24.4 Å². The molecule has 1 fully saturated rings. The Balaban J connectivity index is 1.85. The summed E-state index contributed by atoms with van der Waals surface area (Å²) in [5.74, 6) is 0. The number of aliphatic hydroxyl groups excluding tert-OH is 3. The third-order valence-corrected chi connectivity index (χ3v) is 4.00. The number of aliphatic hydroxyl groups is 3. The maximum atomic E-state index is 10.6. The molecule has 0 bridgehead atoms. The predicted molar refractivity (Wildman–Crippen MR) is 89.7 cm³/mol. The Bertz CT molecular complexity index is 599. The topological polar surface area (TPSA) is 137 Å². The second-order valence-corrected chi connectivity index (χ2v) is 5.90. The van der Waals surface area contributed by atoms with Crippen LogP contribution in [0.1, 0.15) is 6.92 Å². The van der Waals surface area contributed by atoms with E-state index in [1.165, 1.54) is 24.3 Å². The lowest BCUT2D eigenvalue weighted by Gasteiger charge is -2.39. The van der Waals surface area contributed by atoms with Gasteiger partial charge in [0.15, 0.2) is 5.11 Å². The van der Waals surface area contributed by atoms with Crippen molar-refractivity contribution in [2.75, 3.05) is 11.9 Å². The maximum absolute atomic E-state index is 10.6. The summed E-state index contributed by atoms with van der Waals surface area (Å²) < 4.78 is 5.44. The first-order valence-electron chi connectivity index (χ1n) is 7.28. The Kier molecular flexibility index (Phi) is 6.02. The number of ether oxygens (including phenoxy) is 1. The summed E-state index contributed by atoms with van der Waals surface area (Å²) in [6.07, 6.45) is -5.05. The first-order chi connectivity index (χ1) is 11.3. The Morgan fingerprint density at radius 2 is 1.88 bits per heavy atom. The number of non-ortho nitro benzene ring substituents is 1. The van der Waals surface area contributed by atoms with E-state index in [1.54, 1.807) is 6.92 Å². The average molecular weight is 357 g/mol. The summed E-state index contributed by atoms with van der Waals surface area (Å²) in [6, 6.07) is 5.72. The van der Waals surface area contributed by atoms with Crippen molar-refractivity contribution in [1.82, 2.24) is 5.32 Å². The van der Waals surface area contributed by atoms with E-state index >= 15 is 0 Å². The molecule has 10 heteroatoms. The van der Waals surface area contributed by atoms with E-state index in [9.17, 15) is 25.4 Å². The zero-order valence-electron chi connectivity index (χ0n) is 12.8. The van der Waals surface area contributed by atoms with E-state index in [0.717, 1.165) is 0 Å². The molecule has 0 aliphatic carbocycles. The lowest BCUT2D eigenvalue weighted by Crippen LogP contribution is -2.59. The smallest absolute Gasteiger partial charge is 0.269 e. The molecule has 0 radical (unpaired) electrons. The number of nitrogens with one attached hydrogen (secondary N) is 2. The van der Waals surface area contributed by atoms with Crippen LogP contribution in [0.4, 0.5) is 11.4 Å². The minimum Gasteiger partial charge on any atom is -0.388 e. The number of anilines is 1. The standard InChI is InChI=1S/C14H19N3O6S/c1-7-11(18)13(20)12(19)10(23-7)6-15-14(24)16-8-2-4-9(5-3-8)17(21)22/h2-5,7,10-13,18-20H,6H2,1H3,(H2,15,16,24)/t7-,10+,11+,12+,13+/m0/s1. The number of nitro groups is 1. The van der Waals surface area contributed by atoms with Gasteiger partial charge >= 0.3 is 0 Å². The molecule has 0 aromatic heterocycles. The van der Waals surface area contributed by atoms with Crippen LogP contribution in [-0.4, -0.2) is 62.4 Å². The number of nitrogens with zero attached hydrogens (tertiary/aromatic N) is 1. The van der Waals surface area contributed by atoms with Crippen molar-refractivity contribution >= 4 is 28.7 Å². The molecule has 1 aliphatic rings. The van der Waals surface area contributed by atoms with E-state index in [2.05, 4.69) is 10.6 Å². The number of thiocarbonyl (C=S) groups is 1. The van der Waals surface area contributed by atoms with Crippen LogP contribution in [0.3, 0.4) is 0 Å². The van der Waals surface area contributed by atoms with Gasteiger partial charge in [-0.05, 0) is 31.3 Å². The van der Waals surface area contributed by atoms with Crippen LogP contribution in [0.5, 0.6) is 0 Å². The fraction of sp³-hybridized carbons (Fsp3) is 0.500. The van der Waals surface area contributed by atoms with E-state index < -0.39 is 35.4 Å². The lowest BCUT2D eigenvalue weighted by atomic mass is 9.96. The first kappa shape index (κ1) is 18.5. The highest BCUT2D eigenvalue weighted by Crippen LogP contribution is 2.20. The zero-order chi connectivity index (χ0) is 17.9. The number of rotatable bonds is 4. The largest absolute Gasteiger partial charge is 0.388 e. The third kappa shape index (κ3) is 4.36. The van der Waals surface area contributed by atoms with Crippen molar-refractivity contribution in [2.24, 2.45) is 0 Å². The molecular formula is C14H19N3O6S. The third-order valence-electron chi connectivity index (χ3n) is 3.75. The molecule has 2 rings (SSSR count). The van der Waals surface area contributed by atoms with E-state index in [-0.39, 0.29) is 17.3 Å². The zero-order valence-corrected chi connectivity index (χ0v) is 13.6. The summed E-state index contributed by atoms with van der Waals surface area (Å²) >= 11 is 5.10. The van der Waals surface area contributed by atoms with Crippen LogP contribution < -0.4 is 10.6 Å². The van der Waals surface area contributed by atoms with Gasteiger partial charge in [-0.1, -0.05) is 0 Å². The minimum atomic E-state index is -1.29. The molecule has 1 aromatic rings. The summed E-state index contributed by atoms with van der Waals surface area (Å²) in [5.41, 5.74) is 0.534. The lowest BCUT2D eigenvalue weighted by molar-refractivity contribution is -0.384. The van der Waals surface area contributed by atoms with Crippen LogP contribution >= 0.6 is 12.2 Å². The number of benzene rings is 1. The number of hydrogen-bond donors (Lipinski definition) is 5. The fourth-order valence-corrected chi connectivity index (χ4v) is 2.54. The van der Waals surface area contributed by atoms with E-state index in [0.29, 0.717) is 5.69 Å². The van der Waals surface area contributed by atoms with Crippen molar-refractivity contribution < 1.29 is 25.0 Å². The van der Waals surface area contributed by atoms with Gasteiger partial charge < -0.3 is 30.7 Å². The van der Waals surface area contributed by atoms with E-state index in [1.807, 2.05) is 0 Å². The highest BCUT2D eigenvalue weighted by molar-refractivity contribution is 7.80. The molecule has 9 nitrogen and oxygen atoms in total. The van der Waals surface area contributed by atoms with Gasteiger partial charge in [0.2, 0.25) is 0 Å². The SMILES string of the molecule is C[C@@H]1O[C@H](CNC(=S)Nc2ccc([N+](=O)[O-])cc2)[C@@H](O)[C@H](O)[C@@H]1O. The van der Waals surface area contributed by atoms with Crippen LogP contribution in [0.2, 0.25) is 0 Å². The molecule has 1 aliphatic heterocycles. The van der Waals surface area contributed by atoms with E-state index in [4.69, 9.17) is 17.0 Å². The van der Waals surface area contributed by atoms with Gasteiger partial charge in [-0.2, -0.15) is 0 Å². The average Bonchev–Trinajstić information content (AvgIpc) is 2.55. The molecule has 1 aromatic carbocycles. The maximum Gasteiger partial charge on any atom is 0.269 e. The second kappa shape index (κ2) is 7.81. The van der Waals surface area contributed by atoms with Gasteiger partial charge in [-0.25, -0.2) is 0 Å². The van der Waals surface area contributed by atoms with Gasteiger partial charge in [0.1, 0.15) is 24.4 Å². The molecule has 0 unspecified atom stereocenters. The van der Waals surface area contributed by atoms with Crippen LogP contribution in [0, 0.1) is 10.1 Å². The van der Waals surface area contributed by atoms with Crippen molar-refractivity contribution in [3.63, 3.8) is 0 Å². The Morgan fingerprint density at radius 3 is 2.46 bits per heavy atom. The summed E-state index contributed by atoms with van der Waals surface area (Å²) in [7, 11) is 0. The van der Waals surface area contributed by atoms with Gasteiger partial charge in [-0.3, -0.25) is 10.1 Å². The van der Waals surface area contributed by atoms with Crippen molar-refractivity contribution in [3.8, 4) is 0 Å². The van der Waals surface area contributed by atoms with Gasteiger partial charge in [0.05, 0.1) is 11.0 Å². The van der Waals surface area contributed by atoms with Crippen molar-refractivity contribution in [3.05, 3.63) is 34.4 Å². The first-order valence-corrected chi connectivity index (χ1v) is 7.69. The van der Waals surface area contributed by atoms with Gasteiger partial charge in [0.25, 0.3) is 5.69 Å². The fourth-order valence-electron chi connectivity index (χ4n) is 2.34. The molecule has 1 heterocycles. The molecule has 132 valence electrons. The normalized spacial score (nSPS) is 29.8. The Labute approximate surface area is 143 Å². The minimum absolute atomic E-state index is 0.0281. The molecular weight excluding hydrogens is 338 g/mol. The predicted octanol–water partition coefficient (Wildman–Crippen LogP) is -0.249. The summed E-state index contributed by atoms with van der Waals surface area (Å²) in [4.78, 5) is 10.1. The quantitative estimate of drug-likeness (QED) is 0.281. The number of hydrogen-bond acceptors (Lipinski definition) is 7. The summed E-state index contributed by atoms with van der Waals surface area (Å²) in [6.45, 7) is 1.72. The van der Waals surface area contributed by atoms with Crippen molar-refractivity contribution in [1.29, 1.82) is 0 Å². The van der Waals surface area contributed by atoms with Gasteiger partial charge in [-0.15, -0.1) is 0 Å². The molecule has 0 spiro atoms. The molecule has 5 atom stereocenters. The highest BCUT2D eigenvalue weighted by Gasteiger charge is 2.41. The molecule has 1 saturated heterocycles. The molecule has 0 amide bonds. The highest BCUT2D eigenvalue weighted by atomic mass is 32.1. The molecule has 24 heavy (non-hydrogen) atoms. The Hall–Kier alpha value is -1.85. The Morgan fingerprint density at radius 1 is 1.25 bits per heavy atom. The molecule has 0 saturated carbocycles. The van der Waals surface area contributed by atoms with Crippen molar-refractivity contribution in [2.45, 2.75) is 37.4 Å². The van der Waals surface area contributed by atoms with Crippen LogP contribution in [0.25, 0.3) is 0 Å². The molecule has 5 N–H and O–H groups in total. The van der Waals surface area contributed by atoms with Crippen LogP contribution in [-0.2, 0) is 4.74 Å². The second-order valence-electron chi connectivity index (χ2n) is 5.49. The summed E-state index contributed by atoms with van der Waals surface area (Å²) in [5, 5.41) is 45.8. The monoisotopic (exact) mass is 357 g/mol. The van der Waals surface area contributed by atoms with Crippen LogP contribution in [0.15, 0.2) is 24.3 Å².